The number of carbonyl (C=O) groups excluding carboxylic acids is 3. The van der Waals surface area contributed by atoms with Gasteiger partial charge in [0.2, 0.25) is 0 Å². The lowest BCUT2D eigenvalue weighted by Crippen LogP contribution is -2.15. The topological polar surface area (TPSA) is 86.5 Å². The van der Waals surface area contributed by atoms with Gasteiger partial charge in [0.05, 0.1) is 12.7 Å². The van der Waals surface area contributed by atoms with E-state index in [1.165, 1.54) is 31.9 Å². The van der Waals surface area contributed by atoms with Crippen molar-refractivity contribution >= 4 is 34.9 Å². The van der Waals surface area contributed by atoms with Crippen LogP contribution in [0.5, 0.6) is 0 Å². The molecule has 0 saturated heterocycles. The molecule has 2 N–H and O–H groups in total. The number of benzene rings is 2. The highest BCUT2D eigenvalue weighted by molar-refractivity contribution is 5.98. The van der Waals surface area contributed by atoms with Crippen molar-refractivity contribution in [3.8, 4) is 0 Å². The zero-order valence-electron chi connectivity index (χ0n) is 20.1. The van der Waals surface area contributed by atoms with Crippen LogP contribution >= 0.6 is 0 Å². The maximum atomic E-state index is 12.4. The van der Waals surface area contributed by atoms with E-state index >= 15 is 0 Å². The van der Waals surface area contributed by atoms with E-state index in [2.05, 4.69) is 6.07 Å². The second-order valence-corrected chi connectivity index (χ2v) is 9.63. The van der Waals surface area contributed by atoms with Gasteiger partial charge in [0, 0.05) is 17.7 Å². The normalized spacial score (nSPS) is 18.7. The van der Waals surface area contributed by atoms with Gasteiger partial charge in [0.15, 0.2) is 6.29 Å². The fraction of sp³-hybridized carbons (Fsp3) is 0.414. The number of fused-ring (bicyclic) bond motifs is 1. The number of allylic oxidation sites excluding steroid dienone is 2. The van der Waals surface area contributed by atoms with Crippen LogP contribution in [-0.2, 0) is 16.0 Å². The molecule has 0 aliphatic heterocycles. The summed E-state index contributed by atoms with van der Waals surface area (Å²) >= 11 is 0. The van der Waals surface area contributed by atoms with Crippen molar-refractivity contribution in [1.29, 1.82) is 0 Å². The zero-order chi connectivity index (χ0) is 24.2. The monoisotopic (exact) mass is 459 g/mol. The second kappa shape index (κ2) is 10.4. The average Bonchev–Trinajstić information content (AvgIpc) is 3.00. The summed E-state index contributed by atoms with van der Waals surface area (Å²) in [4.78, 5) is 36.3. The first kappa shape index (κ1) is 23.9. The third-order valence-corrected chi connectivity index (χ3v) is 7.35. The molecule has 2 aliphatic carbocycles. The first-order valence-electron chi connectivity index (χ1n) is 12.2. The fourth-order valence-corrected chi connectivity index (χ4v) is 5.76. The number of hydrogen-bond donors (Lipinski definition) is 1. The number of Topliss-reactive ketones (excluding diaryl/α,β-unsaturated/α-hetero) is 1. The van der Waals surface area contributed by atoms with E-state index in [4.69, 9.17) is 10.5 Å². The van der Waals surface area contributed by atoms with Crippen molar-refractivity contribution in [2.45, 2.75) is 58.3 Å². The molecule has 1 atom stereocenters. The van der Waals surface area contributed by atoms with Gasteiger partial charge in [-0.25, -0.2) is 4.79 Å². The summed E-state index contributed by atoms with van der Waals surface area (Å²) in [5, 5.41) is 0. The molecule has 178 valence electrons. The van der Waals surface area contributed by atoms with Gasteiger partial charge in [-0.2, -0.15) is 0 Å². The number of aryl methyl sites for hydroxylation is 1. The number of carbonyl (C=O) groups is 3. The maximum Gasteiger partial charge on any atom is 0.337 e. The van der Waals surface area contributed by atoms with E-state index in [9.17, 15) is 14.4 Å². The van der Waals surface area contributed by atoms with Crippen molar-refractivity contribution in [3.05, 3.63) is 64.2 Å². The number of esters is 1. The Morgan fingerprint density at radius 3 is 2.47 bits per heavy atom. The van der Waals surface area contributed by atoms with Crippen molar-refractivity contribution < 1.29 is 19.1 Å². The summed E-state index contributed by atoms with van der Waals surface area (Å²) in [6, 6.07) is 11.5. The lowest BCUT2D eigenvalue weighted by Gasteiger charge is -2.30. The number of methoxy groups -OCH3 is 1. The van der Waals surface area contributed by atoms with Crippen molar-refractivity contribution in [2.24, 2.45) is 11.8 Å². The highest BCUT2D eigenvalue weighted by Gasteiger charge is 2.32. The van der Waals surface area contributed by atoms with Crippen LogP contribution in [0.3, 0.4) is 0 Å². The highest BCUT2D eigenvalue weighted by atomic mass is 16.5. The number of nitrogen functional groups attached to an aromatic ring is 1. The summed E-state index contributed by atoms with van der Waals surface area (Å²) in [5.41, 5.74) is 13.2. The Bertz CT molecular complexity index is 1140. The minimum absolute atomic E-state index is 0.0338. The second-order valence-electron chi connectivity index (χ2n) is 9.63. The standard InChI is InChI=1S/C29H33NO4/c1-18(32)14-21-9-8-20-15-23(29(33)34-2)10-12-25(20)28(19-6-4-3-5-7-19)27(21)22-11-13-26(30)24(16-22)17-31/h10-13,15-17,19,21H,3-9,14,30H2,1-2H3. The molecular weight excluding hydrogens is 426 g/mol. The minimum Gasteiger partial charge on any atom is -0.465 e. The molecule has 2 aromatic carbocycles. The molecule has 34 heavy (non-hydrogen) atoms. The first-order chi connectivity index (χ1) is 16.4. The van der Waals surface area contributed by atoms with E-state index in [-0.39, 0.29) is 17.7 Å². The third kappa shape index (κ3) is 4.84. The molecule has 0 bridgehead atoms. The van der Waals surface area contributed by atoms with E-state index in [1.54, 1.807) is 13.0 Å². The number of rotatable bonds is 6. The van der Waals surface area contributed by atoms with Crippen LogP contribution in [0.4, 0.5) is 5.69 Å². The molecule has 1 saturated carbocycles. The molecule has 5 nitrogen and oxygen atoms in total. The summed E-state index contributed by atoms with van der Waals surface area (Å²) in [6.45, 7) is 1.64. The number of aldehydes is 1. The smallest absolute Gasteiger partial charge is 0.337 e. The lowest BCUT2D eigenvalue weighted by atomic mass is 9.74. The minimum atomic E-state index is -0.343. The molecule has 0 spiro atoms. The Morgan fingerprint density at radius 1 is 1.03 bits per heavy atom. The Hall–Kier alpha value is -3.21. The summed E-state index contributed by atoms with van der Waals surface area (Å²) in [5.74, 6) is 0.213. The molecular formula is C29H33NO4. The van der Waals surface area contributed by atoms with E-state index < -0.39 is 0 Å². The van der Waals surface area contributed by atoms with Crippen LogP contribution in [-0.4, -0.2) is 25.1 Å². The largest absolute Gasteiger partial charge is 0.465 e. The highest BCUT2D eigenvalue weighted by Crippen LogP contribution is 2.48. The van der Waals surface area contributed by atoms with E-state index in [0.717, 1.165) is 54.2 Å². The Morgan fingerprint density at radius 2 is 1.79 bits per heavy atom. The first-order valence-corrected chi connectivity index (χ1v) is 12.2. The van der Waals surface area contributed by atoms with Gasteiger partial charge in [-0.15, -0.1) is 0 Å². The SMILES string of the molecule is COC(=O)c1ccc2c(c1)CCC(CC(C)=O)C(c1ccc(N)c(C=O)c1)=C2C1CCCCC1. The van der Waals surface area contributed by atoms with E-state index in [0.29, 0.717) is 29.2 Å². The van der Waals surface area contributed by atoms with Gasteiger partial charge in [-0.05, 0) is 96.5 Å². The average molecular weight is 460 g/mol. The van der Waals surface area contributed by atoms with Gasteiger partial charge < -0.3 is 15.3 Å². The maximum absolute atomic E-state index is 12.4. The number of hydrogen-bond acceptors (Lipinski definition) is 5. The van der Waals surface area contributed by atoms with Crippen LogP contribution in [0.25, 0.3) is 11.1 Å². The molecule has 1 unspecified atom stereocenters. The van der Waals surface area contributed by atoms with Gasteiger partial charge in [0.25, 0.3) is 0 Å². The molecule has 0 heterocycles. The number of ketones is 1. The summed E-state index contributed by atoms with van der Waals surface area (Å²) < 4.78 is 4.96. The molecule has 0 aromatic heterocycles. The van der Waals surface area contributed by atoms with Crippen molar-refractivity contribution in [1.82, 2.24) is 0 Å². The zero-order valence-corrected chi connectivity index (χ0v) is 20.1. The molecule has 2 aliphatic rings. The van der Waals surface area contributed by atoms with Gasteiger partial charge in [0.1, 0.15) is 5.78 Å². The molecule has 5 heteroatoms. The molecule has 0 radical (unpaired) electrons. The third-order valence-electron chi connectivity index (χ3n) is 7.35. The van der Waals surface area contributed by atoms with Crippen LogP contribution < -0.4 is 5.73 Å². The number of ether oxygens (including phenoxy) is 1. The van der Waals surface area contributed by atoms with Crippen LogP contribution in [0, 0.1) is 11.8 Å². The Kier molecular flexibility index (Phi) is 7.30. The summed E-state index contributed by atoms with van der Waals surface area (Å²) in [7, 11) is 1.40. The quantitative estimate of drug-likeness (QED) is 0.330. The molecule has 0 amide bonds. The predicted octanol–water partition coefficient (Wildman–Crippen LogP) is 5.90. The van der Waals surface area contributed by atoms with Crippen LogP contribution in [0.15, 0.2) is 36.4 Å². The molecule has 2 aromatic rings. The van der Waals surface area contributed by atoms with Crippen molar-refractivity contribution in [2.75, 3.05) is 12.8 Å². The van der Waals surface area contributed by atoms with Gasteiger partial charge in [-0.1, -0.05) is 31.4 Å². The number of nitrogens with two attached hydrogens (primary N) is 1. The van der Waals surface area contributed by atoms with Gasteiger partial charge >= 0.3 is 5.97 Å². The Balaban J connectivity index is 1.99. The number of anilines is 1. The lowest BCUT2D eigenvalue weighted by molar-refractivity contribution is -0.117. The predicted molar refractivity (Wildman–Crippen MR) is 135 cm³/mol. The molecule has 1 fully saturated rings. The van der Waals surface area contributed by atoms with E-state index in [1.807, 2.05) is 24.3 Å². The Labute approximate surface area is 201 Å². The van der Waals surface area contributed by atoms with Crippen LogP contribution in [0.2, 0.25) is 0 Å². The van der Waals surface area contributed by atoms with Crippen molar-refractivity contribution in [3.63, 3.8) is 0 Å². The summed E-state index contributed by atoms with van der Waals surface area (Å²) in [6.07, 6.45) is 8.60. The fourth-order valence-electron chi connectivity index (χ4n) is 5.76. The van der Waals surface area contributed by atoms with Crippen LogP contribution in [0.1, 0.15) is 89.3 Å². The molecule has 4 rings (SSSR count). The van der Waals surface area contributed by atoms with Gasteiger partial charge in [-0.3, -0.25) is 4.79 Å².